The molecule has 0 radical (unpaired) electrons. The first kappa shape index (κ1) is 13.8. The maximum atomic E-state index is 11.3. The zero-order valence-electron chi connectivity index (χ0n) is 11.9. The van der Waals surface area contributed by atoms with Crippen molar-refractivity contribution in [2.75, 3.05) is 12.4 Å². The van der Waals surface area contributed by atoms with Gasteiger partial charge in [0.2, 0.25) is 17.8 Å². The number of para-hydroxylation sites is 1. The van der Waals surface area contributed by atoms with Crippen LogP contribution in [-0.4, -0.2) is 32.2 Å². The molecule has 0 spiro atoms. The number of methoxy groups -OCH3 is 1. The molecule has 0 unspecified atom stereocenters. The number of hydrogen-bond acceptors (Lipinski definition) is 7. The van der Waals surface area contributed by atoms with E-state index >= 15 is 0 Å². The van der Waals surface area contributed by atoms with Gasteiger partial charge >= 0.3 is 0 Å². The molecule has 0 fully saturated rings. The zero-order chi connectivity index (χ0) is 15.7. The molecule has 8 heteroatoms. The minimum absolute atomic E-state index is 0.0543. The summed E-state index contributed by atoms with van der Waals surface area (Å²) in [5.74, 6) is 0.520. The van der Waals surface area contributed by atoms with Crippen LogP contribution in [0.15, 0.2) is 29.1 Å². The SMILES string of the molecule is COc1cccc2c(C)nc(Nc3nc(O)cc(=O)[nH]3)nc12. The number of rotatable bonds is 3. The van der Waals surface area contributed by atoms with Crippen molar-refractivity contribution in [1.29, 1.82) is 0 Å². The number of benzene rings is 1. The van der Waals surface area contributed by atoms with Crippen molar-refractivity contribution in [3.63, 3.8) is 0 Å². The summed E-state index contributed by atoms with van der Waals surface area (Å²) in [6, 6.07) is 6.53. The molecule has 0 amide bonds. The van der Waals surface area contributed by atoms with Crippen LogP contribution in [0.1, 0.15) is 5.69 Å². The molecule has 112 valence electrons. The minimum Gasteiger partial charge on any atom is -0.494 e. The predicted molar refractivity (Wildman–Crippen MR) is 80.6 cm³/mol. The van der Waals surface area contributed by atoms with Crippen LogP contribution in [-0.2, 0) is 0 Å². The summed E-state index contributed by atoms with van der Waals surface area (Å²) in [6.45, 7) is 1.84. The molecule has 1 aromatic carbocycles. The normalized spacial score (nSPS) is 10.6. The standard InChI is InChI=1S/C14H13N5O3/c1-7-8-4-3-5-9(22-2)12(8)18-13(15-7)19-14-16-10(20)6-11(21)17-14/h3-6H,1-2H3,(H3,15,16,17,18,19,20,21). The molecule has 3 N–H and O–H groups in total. The van der Waals surface area contributed by atoms with E-state index < -0.39 is 5.56 Å². The molecule has 8 nitrogen and oxygen atoms in total. The van der Waals surface area contributed by atoms with Crippen LogP contribution < -0.4 is 15.6 Å². The molecule has 0 aliphatic carbocycles. The molecule has 0 atom stereocenters. The quantitative estimate of drug-likeness (QED) is 0.671. The second kappa shape index (κ2) is 5.32. The molecule has 3 rings (SSSR count). The van der Waals surface area contributed by atoms with Gasteiger partial charge in [0.25, 0.3) is 5.56 Å². The number of nitrogens with one attached hydrogen (secondary N) is 2. The van der Waals surface area contributed by atoms with E-state index in [4.69, 9.17) is 4.74 Å². The van der Waals surface area contributed by atoms with Gasteiger partial charge in [-0.3, -0.25) is 15.1 Å². The van der Waals surface area contributed by atoms with Crippen molar-refractivity contribution in [3.05, 3.63) is 40.3 Å². The first-order valence-corrected chi connectivity index (χ1v) is 6.45. The van der Waals surface area contributed by atoms with Crippen LogP contribution in [0.5, 0.6) is 11.6 Å². The molecule has 2 aromatic heterocycles. The molecule has 0 aliphatic rings. The smallest absolute Gasteiger partial charge is 0.256 e. The van der Waals surface area contributed by atoms with Gasteiger partial charge in [-0.1, -0.05) is 12.1 Å². The van der Waals surface area contributed by atoms with E-state index in [9.17, 15) is 9.90 Å². The number of ether oxygens (including phenoxy) is 1. The van der Waals surface area contributed by atoms with Gasteiger partial charge in [-0.15, -0.1) is 0 Å². The van der Waals surface area contributed by atoms with Gasteiger partial charge in [-0.25, -0.2) is 9.97 Å². The van der Waals surface area contributed by atoms with Crippen molar-refractivity contribution < 1.29 is 9.84 Å². The first-order chi connectivity index (χ1) is 10.6. The Labute approximate surface area is 124 Å². The van der Waals surface area contributed by atoms with Gasteiger partial charge < -0.3 is 9.84 Å². The fourth-order valence-corrected chi connectivity index (χ4v) is 2.11. The lowest BCUT2D eigenvalue weighted by molar-refractivity contribution is 0.419. The van der Waals surface area contributed by atoms with E-state index in [1.165, 1.54) is 0 Å². The second-order valence-corrected chi connectivity index (χ2v) is 4.57. The monoisotopic (exact) mass is 299 g/mol. The van der Waals surface area contributed by atoms with Crippen molar-refractivity contribution >= 4 is 22.8 Å². The molecular formula is C14H13N5O3. The Bertz CT molecular complexity index is 907. The molecule has 0 saturated heterocycles. The summed E-state index contributed by atoms with van der Waals surface area (Å²) < 4.78 is 5.29. The van der Waals surface area contributed by atoms with E-state index in [1.54, 1.807) is 13.2 Å². The highest BCUT2D eigenvalue weighted by Gasteiger charge is 2.10. The highest BCUT2D eigenvalue weighted by molar-refractivity contribution is 5.87. The Balaban J connectivity index is 2.09. The molecule has 22 heavy (non-hydrogen) atoms. The number of aromatic nitrogens is 4. The predicted octanol–water partition coefficient (Wildman–Crippen LogP) is 1.48. The average molecular weight is 299 g/mol. The zero-order valence-corrected chi connectivity index (χ0v) is 11.9. The van der Waals surface area contributed by atoms with Gasteiger partial charge in [0.05, 0.1) is 18.9 Å². The van der Waals surface area contributed by atoms with Crippen LogP contribution in [0.4, 0.5) is 11.9 Å². The molecule has 0 saturated carbocycles. The van der Waals surface area contributed by atoms with E-state index in [0.29, 0.717) is 11.3 Å². The number of anilines is 2. The Morgan fingerprint density at radius 1 is 1.27 bits per heavy atom. The summed E-state index contributed by atoms with van der Waals surface area (Å²) in [7, 11) is 1.56. The van der Waals surface area contributed by atoms with Gasteiger partial charge in [0, 0.05) is 5.39 Å². The lowest BCUT2D eigenvalue weighted by Crippen LogP contribution is -2.10. The lowest BCUT2D eigenvalue weighted by Gasteiger charge is -2.09. The first-order valence-electron chi connectivity index (χ1n) is 6.45. The van der Waals surface area contributed by atoms with Crippen molar-refractivity contribution in [3.8, 4) is 11.6 Å². The Hall–Kier alpha value is -3.16. The van der Waals surface area contributed by atoms with Crippen molar-refractivity contribution in [2.45, 2.75) is 6.92 Å². The topological polar surface area (TPSA) is 113 Å². The van der Waals surface area contributed by atoms with Crippen molar-refractivity contribution in [2.24, 2.45) is 0 Å². The number of aromatic amines is 1. The van der Waals surface area contributed by atoms with E-state index in [-0.39, 0.29) is 17.8 Å². The maximum absolute atomic E-state index is 11.3. The highest BCUT2D eigenvalue weighted by atomic mass is 16.5. The third-order valence-corrected chi connectivity index (χ3v) is 3.06. The van der Waals surface area contributed by atoms with Gasteiger partial charge in [-0.05, 0) is 13.0 Å². The molecule has 3 aromatic rings. The lowest BCUT2D eigenvalue weighted by atomic mass is 10.2. The summed E-state index contributed by atoms with van der Waals surface area (Å²) >= 11 is 0. The van der Waals surface area contributed by atoms with Gasteiger partial charge in [-0.2, -0.15) is 4.98 Å². The fourth-order valence-electron chi connectivity index (χ4n) is 2.11. The fraction of sp³-hybridized carbons (Fsp3) is 0.143. The van der Waals surface area contributed by atoms with Crippen LogP contribution in [0.3, 0.4) is 0 Å². The van der Waals surface area contributed by atoms with Crippen LogP contribution >= 0.6 is 0 Å². The summed E-state index contributed by atoms with van der Waals surface area (Å²) in [6.07, 6.45) is 0. The summed E-state index contributed by atoms with van der Waals surface area (Å²) in [5, 5.41) is 13.0. The largest absolute Gasteiger partial charge is 0.494 e. The molecule has 0 aliphatic heterocycles. The van der Waals surface area contributed by atoms with Crippen LogP contribution in [0.25, 0.3) is 10.9 Å². The number of aryl methyl sites for hydroxylation is 1. The minimum atomic E-state index is -0.481. The van der Waals surface area contributed by atoms with Gasteiger partial charge in [0.15, 0.2) is 0 Å². The van der Waals surface area contributed by atoms with Crippen LogP contribution in [0, 0.1) is 6.92 Å². The van der Waals surface area contributed by atoms with E-state index in [1.807, 2.05) is 19.1 Å². The molecule has 2 heterocycles. The number of aromatic hydroxyl groups is 1. The highest BCUT2D eigenvalue weighted by Crippen LogP contribution is 2.26. The molecule has 0 bridgehead atoms. The third-order valence-electron chi connectivity index (χ3n) is 3.06. The Kier molecular flexibility index (Phi) is 3.34. The number of H-pyrrole nitrogens is 1. The van der Waals surface area contributed by atoms with E-state index in [0.717, 1.165) is 17.1 Å². The Morgan fingerprint density at radius 2 is 2.09 bits per heavy atom. The summed E-state index contributed by atoms with van der Waals surface area (Å²) in [4.78, 5) is 26.2. The van der Waals surface area contributed by atoms with Crippen LogP contribution in [0.2, 0.25) is 0 Å². The summed E-state index contributed by atoms with van der Waals surface area (Å²) in [5.41, 5.74) is 0.904. The number of nitrogens with zero attached hydrogens (tertiary/aromatic N) is 3. The average Bonchev–Trinajstić information content (AvgIpc) is 2.45. The number of hydrogen-bond donors (Lipinski definition) is 3. The third kappa shape index (κ3) is 2.53. The van der Waals surface area contributed by atoms with Crippen molar-refractivity contribution in [1.82, 2.24) is 19.9 Å². The Morgan fingerprint density at radius 3 is 2.82 bits per heavy atom. The van der Waals surface area contributed by atoms with E-state index in [2.05, 4.69) is 25.3 Å². The molecular weight excluding hydrogens is 286 g/mol. The maximum Gasteiger partial charge on any atom is 0.256 e. The second-order valence-electron chi connectivity index (χ2n) is 4.57. The number of fused-ring (bicyclic) bond motifs is 1. The van der Waals surface area contributed by atoms with Gasteiger partial charge in [0.1, 0.15) is 11.3 Å².